The third kappa shape index (κ3) is 4.89. The molecule has 1 atom stereocenters. The summed E-state index contributed by atoms with van der Waals surface area (Å²) < 4.78 is 12.5. The van der Waals surface area contributed by atoms with Gasteiger partial charge in [-0.1, -0.05) is 18.2 Å². The first-order chi connectivity index (χ1) is 10.1. The monoisotopic (exact) mass is 397 g/mol. The third-order valence-corrected chi connectivity index (χ3v) is 3.81. The average Bonchev–Trinajstić information content (AvgIpc) is 2.46. The largest absolute Gasteiger partial charge is 0.493 e. The van der Waals surface area contributed by atoms with Crippen molar-refractivity contribution in [3.05, 3.63) is 57.2 Å². The van der Waals surface area contributed by atoms with Crippen molar-refractivity contribution < 1.29 is 9.47 Å². The number of hydrogen-bond donors (Lipinski definition) is 1. The second kappa shape index (κ2) is 7.66. The Balaban J connectivity index is 2.11. The molecule has 0 spiro atoms. The summed E-state index contributed by atoms with van der Waals surface area (Å²) in [6.45, 7) is 2.52. The Labute approximate surface area is 139 Å². The van der Waals surface area contributed by atoms with E-state index < -0.39 is 0 Å². The molecule has 0 aromatic heterocycles. The van der Waals surface area contributed by atoms with E-state index in [9.17, 15) is 0 Å². The SMILES string of the molecule is COc1ccc(CC(C)N)cc1OCc1ccc(I)cc1. The van der Waals surface area contributed by atoms with Gasteiger partial charge in [-0.25, -0.2) is 0 Å². The zero-order chi connectivity index (χ0) is 15.2. The van der Waals surface area contributed by atoms with Crippen LogP contribution in [0.3, 0.4) is 0 Å². The van der Waals surface area contributed by atoms with E-state index in [1.807, 2.05) is 25.1 Å². The number of halogens is 1. The molecule has 2 N–H and O–H groups in total. The van der Waals surface area contributed by atoms with Crippen LogP contribution in [0, 0.1) is 3.57 Å². The Morgan fingerprint density at radius 2 is 1.71 bits per heavy atom. The second-order valence-corrected chi connectivity index (χ2v) is 6.33. The molecule has 0 amide bonds. The number of nitrogens with two attached hydrogens (primary N) is 1. The van der Waals surface area contributed by atoms with Crippen LogP contribution in [0.5, 0.6) is 11.5 Å². The Kier molecular flexibility index (Phi) is 5.87. The van der Waals surface area contributed by atoms with E-state index in [1.54, 1.807) is 7.11 Å². The number of benzene rings is 2. The molecule has 0 heterocycles. The van der Waals surface area contributed by atoms with E-state index in [2.05, 4.69) is 46.9 Å². The van der Waals surface area contributed by atoms with Gasteiger partial charge in [0.2, 0.25) is 0 Å². The minimum Gasteiger partial charge on any atom is -0.493 e. The van der Waals surface area contributed by atoms with Gasteiger partial charge in [0.1, 0.15) is 6.61 Å². The fourth-order valence-electron chi connectivity index (χ4n) is 2.07. The Hall–Kier alpha value is -1.27. The Morgan fingerprint density at radius 1 is 1.05 bits per heavy atom. The highest BCUT2D eigenvalue weighted by Gasteiger charge is 2.07. The molecule has 0 fully saturated rings. The quantitative estimate of drug-likeness (QED) is 0.755. The molecular formula is C17H20INO2. The third-order valence-electron chi connectivity index (χ3n) is 3.09. The van der Waals surface area contributed by atoms with Crippen LogP contribution in [-0.4, -0.2) is 13.2 Å². The highest BCUT2D eigenvalue weighted by molar-refractivity contribution is 14.1. The van der Waals surface area contributed by atoms with E-state index in [-0.39, 0.29) is 6.04 Å². The van der Waals surface area contributed by atoms with Crippen LogP contribution in [0.4, 0.5) is 0 Å². The van der Waals surface area contributed by atoms with Crippen molar-refractivity contribution in [2.45, 2.75) is 26.0 Å². The van der Waals surface area contributed by atoms with Crippen LogP contribution in [0.1, 0.15) is 18.1 Å². The fourth-order valence-corrected chi connectivity index (χ4v) is 2.43. The summed E-state index contributed by atoms with van der Waals surface area (Å²) in [6.07, 6.45) is 0.823. The van der Waals surface area contributed by atoms with Crippen molar-refractivity contribution in [2.75, 3.05) is 7.11 Å². The summed E-state index contributed by atoms with van der Waals surface area (Å²) >= 11 is 2.29. The summed E-state index contributed by atoms with van der Waals surface area (Å²) in [5, 5.41) is 0. The molecule has 3 nitrogen and oxygen atoms in total. The maximum atomic E-state index is 5.91. The van der Waals surface area contributed by atoms with Crippen LogP contribution >= 0.6 is 22.6 Å². The summed E-state index contributed by atoms with van der Waals surface area (Å²) in [5.74, 6) is 1.50. The molecule has 0 aliphatic heterocycles. The van der Waals surface area contributed by atoms with Gasteiger partial charge >= 0.3 is 0 Å². The van der Waals surface area contributed by atoms with E-state index >= 15 is 0 Å². The zero-order valence-corrected chi connectivity index (χ0v) is 14.5. The van der Waals surface area contributed by atoms with Gasteiger partial charge in [-0.3, -0.25) is 0 Å². The van der Waals surface area contributed by atoms with Gasteiger partial charge in [0.05, 0.1) is 7.11 Å². The molecule has 2 rings (SSSR count). The molecule has 0 radical (unpaired) electrons. The molecule has 1 unspecified atom stereocenters. The minimum atomic E-state index is 0.127. The van der Waals surface area contributed by atoms with Gasteiger partial charge in [0.15, 0.2) is 11.5 Å². The van der Waals surface area contributed by atoms with E-state index in [1.165, 1.54) is 3.57 Å². The molecule has 4 heteroatoms. The van der Waals surface area contributed by atoms with Crippen LogP contribution in [0.2, 0.25) is 0 Å². The summed E-state index contributed by atoms with van der Waals surface area (Å²) in [4.78, 5) is 0. The smallest absolute Gasteiger partial charge is 0.161 e. The molecular weight excluding hydrogens is 377 g/mol. The van der Waals surface area contributed by atoms with Crippen LogP contribution < -0.4 is 15.2 Å². The van der Waals surface area contributed by atoms with Crippen molar-refractivity contribution in [1.82, 2.24) is 0 Å². The van der Waals surface area contributed by atoms with E-state index in [0.717, 1.165) is 29.0 Å². The lowest BCUT2D eigenvalue weighted by molar-refractivity contribution is 0.284. The first-order valence-electron chi connectivity index (χ1n) is 6.88. The van der Waals surface area contributed by atoms with Crippen molar-refractivity contribution in [3.8, 4) is 11.5 Å². The van der Waals surface area contributed by atoms with Gasteiger partial charge in [-0.05, 0) is 71.3 Å². The minimum absolute atomic E-state index is 0.127. The van der Waals surface area contributed by atoms with Crippen LogP contribution in [0.15, 0.2) is 42.5 Å². The standard InChI is InChI=1S/C17H20INO2/c1-12(19)9-14-5-8-16(20-2)17(10-14)21-11-13-3-6-15(18)7-4-13/h3-8,10,12H,9,11,19H2,1-2H3. The molecule has 112 valence electrons. The van der Waals surface area contributed by atoms with Crippen LogP contribution in [-0.2, 0) is 13.0 Å². The maximum Gasteiger partial charge on any atom is 0.161 e. The lowest BCUT2D eigenvalue weighted by Gasteiger charge is -2.13. The molecule has 2 aromatic rings. The Morgan fingerprint density at radius 3 is 2.33 bits per heavy atom. The lowest BCUT2D eigenvalue weighted by atomic mass is 10.1. The highest BCUT2D eigenvalue weighted by atomic mass is 127. The van der Waals surface area contributed by atoms with Gasteiger partial charge in [0, 0.05) is 9.61 Å². The normalized spacial score (nSPS) is 12.0. The molecule has 0 aliphatic carbocycles. The predicted octanol–water partition coefficient (Wildman–Crippen LogP) is 3.77. The van der Waals surface area contributed by atoms with Gasteiger partial charge in [-0.2, -0.15) is 0 Å². The first kappa shape index (κ1) is 16.1. The summed E-state index contributed by atoms with van der Waals surface area (Å²) in [5.41, 5.74) is 8.14. The molecule has 0 saturated heterocycles. The highest BCUT2D eigenvalue weighted by Crippen LogP contribution is 2.29. The topological polar surface area (TPSA) is 44.5 Å². The predicted molar refractivity (Wildman–Crippen MR) is 93.8 cm³/mol. The molecule has 0 bridgehead atoms. The molecule has 0 saturated carbocycles. The first-order valence-corrected chi connectivity index (χ1v) is 7.96. The lowest BCUT2D eigenvalue weighted by Crippen LogP contribution is -2.17. The maximum absolute atomic E-state index is 5.91. The van der Waals surface area contributed by atoms with E-state index in [0.29, 0.717) is 6.61 Å². The average molecular weight is 397 g/mol. The summed E-state index contributed by atoms with van der Waals surface area (Å²) in [6, 6.07) is 14.4. The second-order valence-electron chi connectivity index (χ2n) is 5.08. The van der Waals surface area contributed by atoms with Gasteiger partial charge in [-0.15, -0.1) is 0 Å². The van der Waals surface area contributed by atoms with Crippen molar-refractivity contribution >= 4 is 22.6 Å². The number of methoxy groups -OCH3 is 1. The van der Waals surface area contributed by atoms with E-state index in [4.69, 9.17) is 15.2 Å². The number of ether oxygens (including phenoxy) is 2. The van der Waals surface area contributed by atoms with Crippen LogP contribution in [0.25, 0.3) is 0 Å². The summed E-state index contributed by atoms with van der Waals surface area (Å²) in [7, 11) is 1.65. The van der Waals surface area contributed by atoms with Crippen molar-refractivity contribution in [2.24, 2.45) is 5.73 Å². The molecule has 0 aliphatic rings. The van der Waals surface area contributed by atoms with Crippen molar-refractivity contribution in [1.29, 1.82) is 0 Å². The fraction of sp³-hybridized carbons (Fsp3) is 0.294. The molecule has 2 aromatic carbocycles. The molecule has 21 heavy (non-hydrogen) atoms. The number of hydrogen-bond acceptors (Lipinski definition) is 3. The number of rotatable bonds is 6. The zero-order valence-electron chi connectivity index (χ0n) is 12.3. The Bertz CT molecular complexity index is 582. The van der Waals surface area contributed by atoms with Gasteiger partial charge in [0.25, 0.3) is 0 Å². The van der Waals surface area contributed by atoms with Crippen molar-refractivity contribution in [3.63, 3.8) is 0 Å². The van der Waals surface area contributed by atoms with Gasteiger partial charge < -0.3 is 15.2 Å².